The largest absolute Gasteiger partial charge is 0.462 e. The lowest BCUT2D eigenvalue weighted by Gasteiger charge is -2.21. The molecule has 0 radical (unpaired) electrons. The van der Waals surface area contributed by atoms with Crippen molar-refractivity contribution in [2.24, 2.45) is 5.92 Å². The van der Waals surface area contributed by atoms with Crippen molar-refractivity contribution in [3.8, 4) is 12.3 Å². The van der Waals surface area contributed by atoms with Gasteiger partial charge in [-0.05, 0) is 36.7 Å². The molecule has 0 bridgehead atoms. The highest BCUT2D eigenvalue weighted by molar-refractivity contribution is 9.11. The lowest BCUT2D eigenvalue weighted by molar-refractivity contribution is -0.154. The van der Waals surface area contributed by atoms with Crippen LogP contribution < -0.4 is 0 Å². The molecule has 2 unspecified atom stereocenters. The average Bonchev–Trinajstić information content (AvgIpc) is 2.65. The second-order valence-electron chi connectivity index (χ2n) is 7.30. The van der Waals surface area contributed by atoms with E-state index in [4.69, 9.17) is 11.2 Å². The summed E-state index contributed by atoms with van der Waals surface area (Å²) in [5, 5.41) is 0. The topological polar surface area (TPSA) is 26.3 Å². The van der Waals surface area contributed by atoms with Gasteiger partial charge in [0.25, 0.3) is 0 Å². The zero-order valence-electron chi connectivity index (χ0n) is 17.9. The van der Waals surface area contributed by atoms with E-state index in [1.165, 1.54) is 25.7 Å². The Bertz CT molecular complexity index is 495. The predicted octanol–water partition coefficient (Wildman–Crippen LogP) is 7.72. The summed E-state index contributed by atoms with van der Waals surface area (Å²) in [7, 11) is 0. The molecule has 0 aliphatic carbocycles. The zero-order valence-corrected chi connectivity index (χ0v) is 19.4. The Morgan fingerprint density at radius 2 is 1.67 bits per heavy atom. The molecule has 0 saturated heterocycles. The lowest BCUT2D eigenvalue weighted by Crippen LogP contribution is -2.24. The summed E-state index contributed by atoms with van der Waals surface area (Å²) in [6, 6.07) is 0. The second kappa shape index (κ2) is 17.1. The van der Waals surface area contributed by atoms with Gasteiger partial charge in [-0.3, -0.25) is 4.79 Å². The number of allylic oxidation sites excluding steroid dienone is 3. The molecule has 0 spiro atoms. The Morgan fingerprint density at radius 1 is 1.04 bits per heavy atom. The van der Waals surface area contributed by atoms with Crippen LogP contribution in [0.15, 0.2) is 22.2 Å². The molecule has 2 atom stereocenters. The zero-order chi connectivity index (χ0) is 20.5. The van der Waals surface area contributed by atoms with Crippen LogP contribution in [0.4, 0.5) is 0 Å². The summed E-state index contributed by atoms with van der Waals surface area (Å²) in [4.78, 5) is 12.8. The third kappa shape index (κ3) is 13.8. The van der Waals surface area contributed by atoms with Gasteiger partial charge in [-0.25, -0.2) is 0 Å². The monoisotopic (exact) mass is 438 g/mol. The van der Waals surface area contributed by atoms with Crippen LogP contribution in [-0.4, -0.2) is 12.1 Å². The van der Waals surface area contributed by atoms with Gasteiger partial charge in [0.1, 0.15) is 6.10 Å². The minimum atomic E-state index is -0.145. The van der Waals surface area contributed by atoms with E-state index in [2.05, 4.69) is 35.7 Å². The van der Waals surface area contributed by atoms with Crippen molar-refractivity contribution < 1.29 is 9.53 Å². The molecule has 0 aromatic rings. The molecule has 0 aliphatic rings. The average molecular weight is 439 g/mol. The fourth-order valence-corrected chi connectivity index (χ4v) is 3.12. The number of carbonyl (C=O) groups is 1. The van der Waals surface area contributed by atoms with Crippen LogP contribution in [0.1, 0.15) is 98.3 Å². The van der Waals surface area contributed by atoms with Gasteiger partial charge in [-0.1, -0.05) is 93.6 Å². The number of unbranched alkanes of at least 4 members (excludes halogenated alkanes) is 5. The van der Waals surface area contributed by atoms with Gasteiger partial charge in [0.2, 0.25) is 0 Å². The highest BCUT2D eigenvalue weighted by atomic mass is 79.9. The molecule has 0 N–H and O–H groups in total. The Labute approximate surface area is 176 Å². The highest BCUT2D eigenvalue weighted by Gasteiger charge is 2.22. The number of esters is 1. The van der Waals surface area contributed by atoms with Crippen LogP contribution in [0.5, 0.6) is 0 Å². The van der Waals surface area contributed by atoms with Crippen molar-refractivity contribution in [2.45, 2.75) is 104 Å². The normalized spacial score (nSPS) is 14.5. The van der Waals surface area contributed by atoms with Gasteiger partial charge < -0.3 is 4.74 Å². The van der Waals surface area contributed by atoms with E-state index < -0.39 is 0 Å². The van der Waals surface area contributed by atoms with Crippen molar-refractivity contribution in [3.05, 3.63) is 22.2 Å². The third-order valence-electron chi connectivity index (χ3n) is 4.78. The van der Waals surface area contributed by atoms with Crippen LogP contribution in [-0.2, 0) is 9.53 Å². The Balaban J connectivity index is 4.75. The highest BCUT2D eigenvalue weighted by Crippen LogP contribution is 2.22. The van der Waals surface area contributed by atoms with Gasteiger partial charge in [-0.2, -0.15) is 0 Å². The first-order chi connectivity index (χ1) is 13.0. The van der Waals surface area contributed by atoms with E-state index in [-0.39, 0.29) is 18.0 Å². The molecule has 0 saturated carbocycles. The maximum Gasteiger partial charge on any atom is 0.309 e. The molecule has 0 fully saturated rings. The molecule has 0 aliphatic heterocycles. The third-order valence-corrected chi connectivity index (χ3v) is 5.05. The van der Waals surface area contributed by atoms with Crippen molar-refractivity contribution in [2.75, 3.05) is 0 Å². The van der Waals surface area contributed by atoms with E-state index in [0.29, 0.717) is 6.42 Å². The minimum Gasteiger partial charge on any atom is -0.462 e. The van der Waals surface area contributed by atoms with Crippen molar-refractivity contribution >= 4 is 21.9 Å². The number of ether oxygens (including phenoxy) is 1. The molecule has 3 heteroatoms. The SMILES string of the molecule is C#C/C(=C\C=C(/C)Br)CC(CC)OC(=O)C(CCCC)CCCCCCC. The van der Waals surface area contributed by atoms with E-state index in [0.717, 1.165) is 48.6 Å². The Hall–Kier alpha value is -1.01. The van der Waals surface area contributed by atoms with Crippen molar-refractivity contribution in [3.63, 3.8) is 0 Å². The van der Waals surface area contributed by atoms with Crippen LogP contribution in [0, 0.1) is 18.3 Å². The molecule has 0 aromatic carbocycles. The maximum absolute atomic E-state index is 12.8. The number of halogens is 1. The molecule has 27 heavy (non-hydrogen) atoms. The summed E-state index contributed by atoms with van der Waals surface area (Å²) in [6.45, 7) is 8.40. The number of terminal acetylenes is 1. The van der Waals surface area contributed by atoms with Crippen LogP contribution >= 0.6 is 15.9 Å². The second-order valence-corrected chi connectivity index (χ2v) is 8.55. The van der Waals surface area contributed by atoms with Crippen LogP contribution in [0.25, 0.3) is 0 Å². The van der Waals surface area contributed by atoms with Crippen molar-refractivity contribution in [1.82, 2.24) is 0 Å². The van der Waals surface area contributed by atoms with Crippen LogP contribution in [0.3, 0.4) is 0 Å². The summed E-state index contributed by atoms with van der Waals surface area (Å²) in [5.74, 6) is 2.72. The summed E-state index contributed by atoms with van der Waals surface area (Å²) in [6.07, 6.45) is 20.9. The first-order valence-electron chi connectivity index (χ1n) is 10.7. The Morgan fingerprint density at radius 3 is 2.22 bits per heavy atom. The maximum atomic E-state index is 12.8. The fourth-order valence-electron chi connectivity index (χ4n) is 2.99. The molecule has 0 rings (SSSR count). The number of hydrogen-bond donors (Lipinski definition) is 0. The molecular formula is C24H39BrO2. The van der Waals surface area contributed by atoms with E-state index in [1.807, 2.05) is 26.0 Å². The predicted molar refractivity (Wildman–Crippen MR) is 121 cm³/mol. The number of hydrogen-bond acceptors (Lipinski definition) is 2. The molecule has 154 valence electrons. The van der Waals surface area contributed by atoms with E-state index >= 15 is 0 Å². The first kappa shape index (κ1) is 26.0. The molecule has 0 amide bonds. The van der Waals surface area contributed by atoms with Gasteiger partial charge in [0.05, 0.1) is 5.92 Å². The molecular weight excluding hydrogens is 400 g/mol. The van der Waals surface area contributed by atoms with E-state index in [1.54, 1.807) is 0 Å². The Kier molecular flexibility index (Phi) is 16.5. The van der Waals surface area contributed by atoms with Gasteiger partial charge >= 0.3 is 5.97 Å². The summed E-state index contributed by atoms with van der Waals surface area (Å²) < 4.78 is 6.89. The van der Waals surface area contributed by atoms with Crippen LogP contribution in [0.2, 0.25) is 0 Å². The standard InChI is InChI=1S/C24H39BrO2/c1-6-10-12-13-14-16-22(15-11-7-2)24(26)27-23(9-4)19-21(8-3)18-17-20(5)25/h3,17-18,22-23H,6-7,9-16,19H2,1-2,4-5H3/b20-17+,21-18+. The quantitative estimate of drug-likeness (QED) is 0.113. The number of carbonyl (C=O) groups excluding carboxylic acids is 1. The number of rotatable bonds is 15. The molecule has 0 heterocycles. The molecule has 0 aromatic heterocycles. The smallest absolute Gasteiger partial charge is 0.309 e. The van der Waals surface area contributed by atoms with Gasteiger partial charge in [-0.15, -0.1) is 6.42 Å². The summed E-state index contributed by atoms with van der Waals surface area (Å²) in [5.41, 5.74) is 0.859. The van der Waals surface area contributed by atoms with Crippen molar-refractivity contribution in [1.29, 1.82) is 0 Å². The lowest BCUT2D eigenvalue weighted by atomic mass is 9.95. The summed E-state index contributed by atoms with van der Waals surface area (Å²) >= 11 is 3.40. The fraction of sp³-hybridized carbons (Fsp3) is 0.708. The first-order valence-corrected chi connectivity index (χ1v) is 11.5. The van der Waals surface area contributed by atoms with Gasteiger partial charge in [0, 0.05) is 12.0 Å². The molecule has 2 nitrogen and oxygen atoms in total. The minimum absolute atomic E-state index is 0.0311. The van der Waals surface area contributed by atoms with E-state index in [9.17, 15) is 4.79 Å². The van der Waals surface area contributed by atoms with Gasteiger partial charge in [0.15, 0.2) is 0 Å².